The van der Waals surface area contributed by atoms with Gasteiger partial charge < -0.3 is 9.30 Å². The summed E-state index contributed by atoms with van der Waals surface area (Å²) in [6.45, 7) is 4.92. The molecule has 1 amide bonds. The molecule has 1 aromatic heterocycles. The number of nitrogens with zero attached hydrogens (tertiary/aromatic N) is 2. The second kappa shape index (κ2) is 7.29. The highest BCUT2D eigenvalue weighted by atomic mass is 32.1. The van der Waals surface area contributed by atoms with E-state index in [0.717, 1.165) is 21.3 Å². The van der Waals surface area contributed by atoms with Gasteiger partial charge in [0.1, 0.15) is 5.82 Å². The fourth-order valence-corrected chi connectivity index (χ4v) is 3.86. The molecule has 130 valence electrons. The number of methoxy groups -OCH3 is 1. The highest BCUT2D eigenvalue weighted by molar-refractivity contribution is 7.16. The first-order chi connectivity index (χ1) is 12.0. The molecule has 0 unspecified atom stereocenters. The molecule has 0 atom stereocenters. The summed E-state index contributed by atoms with van der Waals surface area (Å²) in [5.74, 6) is -0.607. The molecule has 25 heavy (non-hydrogen) atoms. The van der Waals surface area contributed by atoms with E-state index in [0.29, 0.717) is 23.5 Å². The summed E-state index contributed by atoms with van der Waals surface area (Å²) in [7, 11) is 1.62. The molecule has 0 bridgehead atoms. The zero-order chi connectivity index (χ0) is 18.0. The predicted molar refractivity (Wildman–Crippen MR) is 97.5 cm³/mol. The molecule has 0 aliphatic carbocycles. The van der Waals surface area contributed by atoms with Crippen molar-refractivity contribution >= 4 is 27.5 Å². The Kier molecular flexibility index (Phi) is 5.11. The summed E-state index contributed by atoms with van der Waals surface area (Å²) >= 11 is 1.30. The van der Waals surface area contributed by atoms with Crippen molar-refractivity contribution in [3.05, 3.63) is 63.7 Å². The third kappa shape index (κ3) is 3.86. The standard InChI is InChI=1S/C19H19FN2O2S/c1-12-8-13(2)10-14(9-12)18(23)21-19-22(6-7-24-3)16-5-4-15(20)11-17(16)25-19/h4-5,8-11H,6-7H2,1-3H3. The second-order valence-corrected chi connectivity index (χ2v) is 6.94. The zero-order valence-corrected chi connectivity index (χ0v) is 15.2. The van der Waals surface area contributed by atoms with Gasteiger partial charge in [-0.15, -0.1) is 0 Å². The second-order valence-electron chi connectivity index (χ2n) is 5.93. The number of ether oxygens (including phenoxy) is 1. The number of hydrogen-bond acceptors (Lipinski definition) is 3. The van der Waals surface area contributed by atoms with E-state index >= 15 is 0 Å². The van der Waals surface area contributed by atoms with Crippen LogP contribution in [0.2, 0.25) is 0 Å². The Bertz CT molecular complexity index is 984. The zero-order valence-electron chi connectivity index (χ0n) is 14.4. The topological polar surface area (TPSA) is 43.6 Å². The largest absolute Gasteiger partial charge is 0.383 e. The normalized spacial score (nSPS) is 12.1. The number of aryl methyl sites for hydroxylation is 2. The molecule has 0 N–H and O–H groups in total. The lowest BCUT2D eigenvalue weighted by Crippen LogP contribution is -2.19. The van der Waals surface area contributed by atoms with Crippen LogP contribution >= 0.6 is 11.3 Å². The summed E-state index contributed by atoms with van der Waals surface area (Å²) in [6.07, 6.45) is 0. The number of rotatable bonds is 4. The number of hydrogen-bond donors (Lipinski definition) is 0. The summed E-state index contributed by atoms with van der Waals surface area (Å²) in [6, 6.07) is 10.2. The van der Waals surface area contributed by atoms with Gasteiger partial charge in [-0.25, -0.2) is 4.39 Å². The number of aromatic nitrogens is 1. The molecule has 4 nitrogen and oxygen atoms in total. The van der Waals surface area contributed by atoms with Crippen LogP contribution in [0.5, 0.6) is 0 Å². The fraction of sp³-hybridized carbons (Fsp3) is 0.263. The molecule has 6 heteroatoms. The van der Waals surface area contributed by atoms with E-state index in [1.807, 2.05) is 36.6 Å². The minimum Gasteiger partial charge on any atom is -0.383 e. The molecular formula is C19H19FN2O2S. The van der Waals surface area contributed by atoms with Crippen LogP contribution in [0.4, 0.5) is 4.39 Å². The lowest BCUT2D eigenvalue weighted by atomic mass is 10.1. The predicted octanol–water partition coefficient (Wildman–Crippen LogP) is 3.85. The summed E-state index contributed by atoms with van der Waals surface area (Å²) in [5.41, 5.74) is 3.43. The van der Waals surface area contributed by atoms with Gasteiger partial charge in [-0.05, 0) is 44.2 Å². The summed E-state index contributed by atoms with van der Waals surface area (Å²) in [4.78, 5) is 17.4. The molecule has 0 aliphatic rings. The molecule has 0 saturated heterocycles. The van der Waals surface area contributed by atoms with Gasteiger partial charge in [0.05, 0.1) is 16.8 Å². The van der Waals surface area contributed by atoms with Crippen LogP contribution < -0.4 is 4.80 Å². The van der Waals surface area contributed by atoms with Gasteiger partial charge in [0.25, 0.3) is 5.91 Å². The molecule has 2 aromatic carbocycles. The number of thiazole rings is 1. The van der Waals surface area contributed by atoms with Gasteiger partial charge in [-0.2, -0.15) is 4.99 Å². The average Bonchev–Trinajstić information content (AvgIpc) is 2.88. The van der Waals surface area contributed by atoms with Crippen LogP contribution in [-0.2, 0) is 11.3 Å². The third-order valence-electron chi connectivity index (χ3n) is 3.83. The van der Waals surface area contributed by atoms with Gasteiger partial charge in [-0.3, -0.25) is 4.79 Å². The van der Waals surface area contributed by atoms with Crippen molar-refractivity contribution in [2.24, 2.45) is 4.99 Å². The molecule has 0 spiro atoms. The van der Waals surface area contributed by atoms with Crippen molar-refractivity contribution in [2.75, 3.05) is 13.7 Å². The van der Waals surface area contributed by atoms with Crippen molar-refractivity contribution in [1.29, 1.82) is 0 Å². The van der Waals surface area contributed by atoms with Gasteiger partial charge in [0.15, 0.2) is 4.80 Å². The van der Waals surface area contributed by atoms with Crippen molar-refractivity contribution in [3.63, 3.8) is 0 Å². The van der Waals surface area contributed by atoms with E-state index in [1.54, 1.807) is 13.2 Å². The van der Waals surface area contributed by atoms with Crippen molar-refractivity contribution < 1.29 is 13.9 Å². The number of fused-ring (bicyclic) bond motifs is 1. The Morgan fingerprint density at radius 1 is 1.20 bits per heavy atom. The Morgan fingerprint density at radius 2 is 1.92 bits per heavy atom. The van der Waals surface area contributed by atoms with Crippen molar-refractivity contribution in [2.45, 2.75) is 20.4 Å². The number of carbonyl (C=O) groups is 1. The van der Waals surface area contributed by atoms with Crippen LogP contribution in [0.3, 0.4) is 0 Å². The lowest BCUT2D eigenvalue weighted by molar-refractivity contribution is 0.0997. The number of benzene rings is 2. The minimum absolute atomic E-state index is 0.301. The molecule has 3 aromatic rings. The smallest absolute Gasteiger partial charge is 0.279 e. The van der Waals surface area contributed by atoms with Crippen LogP contribution in [0, 0.1) is 19.7 Å². The Morgan fingerprint density at radius 3 is 2.60 bits per heavy atom. The number of carbonyl (C=O) groups excluding carboxylic acids is 1. The van der Waals surface area contributed by atoms with Gasteiger partial charge in [-0.1, -0.05) is 28.5 Å². The SMILES string of the molecule is COCCn1c(=NC(=O)c2cc(C)cc(C)c2)sc2cc(F)ccc21. The molecular weight excluding hydrogens is 339 g/mol. The maximum absolute atomic E-state index is 13.5. The van der Waals surface area contributed by atoms with E-state index in [1.165, 1.54) is 23.5 Å². The Labute approximate surface area is 149 Å². The van der Waals surface area contributed by atoms with Crippen LogP contribution in [0.15, 0.2) is 41.4 Å². The third-order valence-corrected chi connectivity index (χ3v) is 4.87. The molecule has 0 saturated carbocycles. The molecule has 0 radical (unpaired) electrons. The maximum Gasteiger partial charge on any atom is 0.279 e. The molecule has 0 fully saturated rings. The fourth-order valence-electron chi connectivity index (χ4n) is 2.78. The quantitative estimate of drug-likeness (QED) is 0.711. The van der Waals surface area contributed by atoms with E-state index in [-0.39, 0.29) is 11.7 Å². The van der Waals surface area contributed by atoms with E-state index in [2.05, 4.69) is 4.99 Å². The summed E-state index contributed by atoms with van der Waals surface area (Å²) < 4.78 is 21.3. The molecule has 0 aliphatic heterocycles. The lowest BCUT2D eigenvalue weighted by Gasteiger charge is -2.04. The van der Waals surface area contributed by atoms with E-state index in [9.17, 15) is 9.18 Å². The monoisotopic (exact) mass is 358 g/mol. The first-order valence-electron chi connectivity index (χ1n) is 7.93. The van der Waals surface area contributed by atoms with E-state index in [4.69, 9.17) is 4.74 Å². The Hall–Kier alpha value is -2.31. The maximum atomic E-state index is 13.5. The number of amides is 1. The van der Waals surface area contributed by atoms with Gasteiger partial charge in [0, 0.05) is 19.2 Å². The van der Waals surface area contributed by atoms with Crippen LogP contribution in [0.1, 0.15) is 21.5 Å². The minimum atomic E-state index is -0.306. The van der Waals surface area contributed by atoms with Crippen LogP contribution in [0.25, 0.3) is 10.2 Å². The van der Waals surface area contributed by atoms with Crippen LogP contribution in [-0.4, -0.2) is 24.2 Å². The highest BCUT2D eigenvalue weighted by Gasteiger charge is 2.10. The highest BCUT2D eigenvalue weighted by Crippen LogP contribution is 2.19. The van der Waals surface area contributed by atoms with Crippen molar-refractivity contribution in [3.8, 4) is 0 Å². The summed E-state index contributed by atoms with van der Waals surface area (Å²) in [5, 5.41) is 0. The molecule has 1 heterocycles. The Balaban J connectivity index is 2.12. The number of halogens is 1. The van der Waals surface area contributed by atoms with Gasteiger partial charge in [0.2, 0.25) is 0 Å². The molecule has 3 rings (SSSR count). The average molecular weight is 358 g/mol. The van der Waals surface area contributed by atoms with E-state index < -0.39 is 0 Å². The van der Waals surface area contributed by atoms with Crippen molar-refractivity contribution in [1.82, 2.24) is 4.57 Å². The van der Waals surface area contributed by atoms with Gasteiger partial charge >= 0.3 is 0 Å². The first-order valence-corrected chi connectivity index (χ1v) is 8.75. The first kappa shape index (κ1) is 17.5.